The van der Waals surface area contributed by atoms with Crippen LogP contribution in [0.4, 0.5) is 0 Å². The van der Waals surface area contributed by atoms with Gasteiger partial charge < -0.3 is 0 Å². The molecule has 0 saturated carbocycles. The Labute approximate surface area is 111 Å². The van der Waals surface area contributed by atoms with E-state index in [4.69, 9.17) is 0 Å². The summed E-state index contributed by atoms with van der Waals surface area (Å²) in [5.74, 6) is 0.734. The molecule has 2 aromatic carbocycles. The van der Waals surface area contributed by atoms with Gasteiger partial charge in [0.05, 0.1) is 10.8 Å². The van der Waals surface area contributed by atoms with E-state index in [1.165, 1.54) is 11.1 Å². The molecule has 0 saturated heterocycles. The largest absolute Gasteiger partial charge is 0.254 e. The zero-order chi connectivity index (χ0) is 12.8. The van der Waals surface area contributed by atoms with Crippen LogP contribution in [0.3, 0.4) is 0 Å². The Morgan fingerprint density at radius 3 is 2.28 bits per heavy atom. The first kappa shape index (κ1) is 13.0. The van der Waals surface area contributed by atoms with Crippen molar-refractivity contribution in [3.63, 3.8) is 0 Å². The van der Waals surface area contributed by atoms with E-state index in [1.54, 1.807) is 0 Å². The molecular weight excluding hydrogens is 240 g/mol. The predicted molar refractivity (Wildman–Crippen MR) is 77.2 cm³/mol. The zero-order valence-corrected chi connectivity index (χ0v) is 11.5. The Bertz CT molecular complexity index is 502. The monoisotopic (exact) mass is 258 g/mol. The Morgan fingerprint density at radius 1 is 0.944 bits per heavy atom. The molecule has 0 radical (unpaired) electrons. The van der Waals surface area contributed by atoms with Gasteiger partial charge in [0.25, 0.3) is 0 Å². The van der Waals surface area contributed by atoms with Crippen molar-refractivity contribution in [2.45, 2.75) is 24.7 Å². The van der Waals surface area contributed by atoms with Gasteiger partial charge in [0.1, 0.15) is 0 Å². The summed E-state index contributed by atoms with van der Waals surface area (Å²) in [6.07, 6.45) is 1.96. The summed E-state index contributed by atoms with van der Waals surface area (Å²) in [4.78, 5) is 0.939. The van der Waals surface area contributed by atoms with Gasteiger partial charge in [0.2, 0.25) is 0 Å². The second-order valence-corrected chi connectivity index (χ2v) is 6.02. The number of rotatable bonds is 5. The lowest BCUT2D eigenvalue weighted by atomic mass is 10.1. The molecule has 0 N–H and O–H groups in total. The molecule has 0 aromatic heterocycles. The van der Waals surface area contributed by atoms with Crippen LogP contribution < -0.4 is 0 Å². The average molecular weight is 258 g/mol. The fourth-order valence-corrected chi connectivity index (χ4v) is 2.94. The van der Waals surface area contributed by atoms with Gasteiger partial charge in [0.15, 0.2) is 0 Å². The van der Waals surface area contributed by atoms with E-state index >= 15 is 0 Å². The van der Waals surface area contributed by atoms with Crippen molar-refractivity contribution in [3.8, 4) is 0 Å². The average Bonchev–Trinajstić information content (AvgIpc) is 2.40. The van der Waals surface area contributed by atoms with Crippen LogP contribution in [0.25, 0.3) is 0 Å². The summed E-state index contributed by atoms with van der Waals surface area (Å²) < 4.78 is 12.1. The minimum Gasteiger partial charge on any atom is -0.254 e. The minimum atomic E-state index is -0.865. The Kier molecular flexibility index (Phi) is 4.71. The second-order valence-electron chi connectivity index (χ2n) is 4.45. The van der Waals surface area contributed by atoms with Gasteiger partial charge in [-0.1, -0.05) is 48.0 Å². The summed E-state index contributed by atoms with van der Waals surface area (Å²) >= 11 is 0. The van der Waals surface area contributed by atoms with Crippen LogP contribution >= 0.6 is 0 Å². The second kappa shape index (κ2) is 6.50. The fraction of sp³-hybridized carbons (Fsp3) is 0.250. The van der Waals surface area contributed by atoms with Gasteiger partial charge in [-0.15, -0.1) is 0 Å². The smallest absolute Gasteiger partial charge is 0.0529 e. The third-order valence-electron chi connectivity index (χ3n) is 2.92. The van der Waals surface area contributed by atoms with E-state index in [2.05, 4.69) is 12.1 Å². The van der Waals surface area contributed by atoms with Crippen LogP contribution in [0.5, 0.6) is 0 Å². The molecule has 0 spiro atoms. The molecule has 0 aliphatic rings. The molecule has 0 amide bonds. The van der Waals surface area contributed by atoms with Crippen molar-refractivity contribution in [1.82, 2.24) is 0 Å². The predicted octanol–water partition coefficient (Wildman–Crippen LogP) is 3.74. The summed E-state index contributed by atoms with van der Waals surface area (Å²) in [5.41, 5.74) is 2.53. The van der Waals surface area contributed by atoms with E-state index < -0.39 is 10.8 Å². The van der Waals surface area contributed by atoms with Gasteiger partial charge in [-0.3, -0.25) is 4.21 Å². The highest BCUT2D eigenvalue weighted by Crippen LogP contribution is 2.10. The number of hydrogen-bond donors (Lipinski definition) is 0. The van der Waals surface area contributed by atoms with Crippen LogP contribution in [0.15, 0.2) is 59.5 Å². The van der Waals surface area contributed by atoms with Crippen molar-refractivity contribution in [2.75, 3.05) is 5.75 Å². The van der Waals surface area contributed by atoms with E-state index in [1.807, 2.05) is 49.4 Å². The molecule has 2 aromatic rings. The van der Waals surface area contributed by atoms with Crippen LogP contribution in [0.2, 0.25) is 0 Å². The topological polar surface area (TPSA) is 17.1 Å². The van der Waals surface area contributed by atoms with Crippen LogP contribution in [-0.4, -0.2) is 9.96 Å². The van der Waals surface area contributed by atoms with Gasteiger partial charge in [0, 0.05) is 10.6 Å². The van der Waals surface area contributed by atoms with Crippen molar-refractivity contribution in [3.05, 3.63) is 65.7 Å². The molecule has 0 bridgehead atoms. The van der Waals surface area contributed by atoms with Crippen LogP contribution in [0.1, 0.15) is 17.5 Å². The summed E-state index contributed by atoms with van der Waals surface area (Å²) in [5, 5.41) is 0. The maximum Gasteiger partial charge on any atom is 0.0529 e. The SMILES string of the molecule is Cc1ccc(S(=O)CCCc2ccccc2)cc1. The molecule has 0 heterocycles. The highest BCUT2D eigenvalue weighted by molar-refractivity contribution is 7.85. The lowest BCUT2D eigenvalue weighted by Gasteiger charge is -2.03. The summed E-state index contributed by atoms with van der Waals surface area (Å²) in [6, 6.07) is 18.3. The first-order chi connectivity index (χ1) is 8.75. The quantitative estimate of drug-likeness (QED) is 0.798. The van der Waals surface area contributed by atoms with Crippen molar-refractivity contribution >= 4 is 10.8 Å². The van der Waals surface area contributed by atoms with Crippen molar-refractivity contribution < 1.29 is 4.21 Å². The third-order valence-corrected chi connectivity index (χ3v) is 4.38. The molecule has 1 nitrogen and oxygen atoms in total. The standard InChI is InChI=1S/C16H18OS/c1-14-9-11-16(12-10-14)18(17)13-5-8-15-6-3-2-4-7-15/h2-4,6-7,9-12H,5,8,13H2,1H3. The number of aryl methyl sites for hydroxylation is 2. The molecule has 0 aliphatic carbocycles. The zero-order valence-electron chi connectivity index (χ0n) is 10.6. The molecule has 0 aliphatic heterocycles. The van der Waals surface area contributed by atoms with Gasteiger partial charge >= 0.3 is 0 Å². The van der Waals surface area contributed by atoms with E-state index in [0.717, 1.165) is 23.5 Å². The minimum absolute atomic E-state index is 0.734. The lowest BCUT2D eigenvalue weighted by molar-refractivity contribution is 0.680. The summed E-state index contributed by atoms with van der Waals surface area (Å²) in [6.45, 7) is 2.04. The summed E-state index contributed by atoms with van der Waals surface area (Å²) in [7, 11) is -0.865. The molecule has 2 rings (SSSR count). The fourth-order valence-electron chi connectivity index (χ4n) is 1.86. The van der Waals surface area contributed by atoms with Gasteiger partial charge in [-0.2, -0.15) is 0 Å². The molecule has 1 atom stereocenters. The highest BCUT2D eigenvalue weighted by atomic mass is 32.2. The molecule has 2 heteroatoms. The Morgan fingerprint density at radius 2 is 1.61 bits per heavy atom. The molecule has 94 valence electrons. The van der Waals surface area contributed by atoms with E-state index in [0.29, 0.717) is 0 Å². The van der Waals surface area contributed by atoms with E-state index in [9.17, 15) is 4.21 Å². The highest BCUT2D eigenvalue weighted by Gasteiger charge is 2.03. The molecular formula is C16H18OS. The maximum atomic E-state index is 12.1. The molecule has 18 heavy (non-hydrogen) atoms. The normalized spacial score (nSPS) is 12.3. The number of hydrogen-bond acceptors (Lipinski definition) is 1. The first-order valence-electron chi connectivity index (χ1n) is 6.25. The molecule has 0 fully saturated rings. The van der Waals surface area contributed by atoms with Gasteiger partial charge in [-0.25, -0.2) is 0 Å². The van der Waals surface area contributed by atoms with Crippen molar-refractivity contribution in [1.29, 1.82) is 0 Å². The third kappa shape index (κ3) is 3.81. The first-order valence-corrected chi connectivity index (χ1v) is 7.56. The van der Waals surface area contributed by atoms with E-state index in [-0.39, 0.29) is 0 Å². The Balaban J connectivity index is 1.84. The number of benzene rings is 2. The maximum absolute atomic E-state index is 12.1. The Hall–Kier alpha value is -1.41. The van der Waals surface area contributed by atoms with Gasteiger partial charge in [-0.05, 0) is 37.5 Å². The van der Waals surface area contributed by atoms with Crippen molar-refractivity contribution in [2.24, 2.45) is 0 Å². The molecule has 1 unspecified atom stereocenters. The lowest BCUT2D eigenvalue weighted by Crippen LogP contribution is -2.00. The van der Waals surface area contributed by atoms with Crippen LogP contribution in [-0.2, 0) is 17.2 Å². The van der Waals surface area contributed by atoms with Crippen LogP contribution in [0, 0.1) is 6.92 Å².